The van der Waals surface area contributed by atoms with E-state index in [-0.39, 0.29) is 6.04 Å². The molecule has 1 aliphatic heterocycles. The van der Waals surface area contributed by atoms with E-state index in [0.717, 1.165) is 49.4 Å². The second-order valence-corrected chi connectivity index (χ2v) is 6.79. The molecule has 1 aliphatic carbocycles. The Kier molecular flexibility index (Phi) is 3.95. The second kappa shape index (κ2) is 6.09. The van der Waals surface area contributed by atoms with E-state index in [9.17, 15) is 0 Å². The van der Waals surface area contributed by atoms with E-state index in [2.05, 4.69) is 26.5 Å². The van der Waals surface area contributed by atoms with E-state index in [0.29, 0.717) is 6.61 Å². The number of hydrogen-bond acceptors (Lipinski definition) is 5. The SMILES string of the molecule is Cc1cc(CN2CCn3c(COCC4CC4)cnc3[C@@H]2C)no1. The molecular formula is C17H24N4O2. The lowest BCUT2D eigenvalue weighted by atomic mass is 10.2. The van der Waals surface area contributed by atoms with Crippen LogP contribution in [0.2, 0.25) is 0 Å². The van der Waals surface area contributed by atoms with Crippen LogP contribution in [0.4, 0.5) is 0 Å². The highest BCUT2D eigenvalue weighted by Crippen LogP contribution is 2.30. The molecule has 23 heavy (non-hydrogen) atoms. The summed E-state index contributed by atoms with van der Waals surface area (Å²) in [5, 5.41) is 4.10. The number of imidazole rings is 1. The van der Waals surface area contributed by atoms with E-state index in [1.165, 1.54) is 18.5 Å². The van der Waals surface area contributed by atoms with Gasteiger partial charge in [0.1, 0.15) is 11.6 Å². The summed E-state index contributed by atoms with van der Waals surface area (Å²) in [6, 6.07) is 2.28. The molecule has 4 rings (SSSR count). The van der Waals surface area contributed by atoms with Gasteiger partial charge in [0.15, 0.2) is 0 Å². The predicted octanol–water partition coefficient (Wildman–Crippen LogP) is 2.68. The molecule has 0 bridgehead atoms. The molecule has 0 N–H and O–H groups in total. The minimum Gasteiger partial charge on any atom is -0.375 e. The van der Waals surface area contributed by atoms with Crippen molar-refractivity contribution in [3.63, 3.8) is 0 Å². The third kappa shape index (κ3) is 3.19. The molecule has 2 aromatic heterocycles. The number of fused-ring (bicyclic) bond motifs is 1. The van der Waals surface area contributed by atoms with Crippen LogP contribution in [0.3, 0.4) is 0 Å². The van der Waals surface area contributed by atoms with Gasteiger partial charge in [-0.1, -0.05) is 5.16 Å². The maximum Gasteiger partial charge on any atom is 0.133 e. The van der Waals surface area contributed by atoms with Crippen LogP contribution >= 0.6 is 0 Å². The molecule has 124 valence electrons. The lowest BCUT2D eigenvalue weighted by molar-refractivity contribution is 0.101. The molecule has 0 saturated heterocycles. The van der Waals surface area contributed by atoms with Crippen molar-refractivity contribution in [2.45, 2.75) is 52.4 Å². The van der Waals surface area contributed by atoms with Crippen LogP contribution in [0.1, 0.15) is 48.8 Å². The Morgan fingerprint density at radius 2 is 2.22 bits per heavy atom. The Morgan fingerprint density at radius 3 is 2.96 bits per heavy atom. The van der Waals surface area contributed by atoms with Gasteiger partial charge < -0.3 is 13.8 Å². The standard InChI is InChI=1S/C17H24N4O2/c1-12-7-15(19-23-12)9-20-5-6-21-16(8-18-17(21)13(20)2)11-22-10-14-3-4-14/h7-8,13-14H,3-6,9-11H2,1-2H3/t13-/m0/s1. The fraction of sp³-hybridized carbons (Fsp3) is 0.647. The molecule has 2 aromatic rings. The fourth-order valence-electron chi connectivity index (χ4n) is 3.25. The van der Waals surface area contributed by atoms with E-state index in [1.54, 1.807) is 0 Å². The smallest absolute Gasteiger partial charge is 0.133 e. The van der Waals surface area contributed by atoms with Crippen molar-refractivity contribution in [2.75, 3.05) is 13.2 Å². The predicted molar refractivity (Wildman–Crippen MR) is 84.7 cm³/mol. The first kappa shape index (κ1) is 14.9. The largest absolute Gasteiger partial charge is 0.375 e. The molecule has 6 nitrogen and oxygen atoms in total. The number of hydrogen-bond donors (Lipinski definition) is 0. The van der Waals surface area contributed by atoms with Crippen molar-refractivity contribution >= 4 is 0 Å². The average Bonchev–Trinajstić information content (AvgIpc) is 3.12. The minimum atomic E-state index is 0.276. The number of aromatic nitrogens is 3. The Hall–Kier alpha value is -1.66. The van der Waals surface area contributed by atoms with Crippen molar-refractivity contribution < 1.29 is 9.26 Å². The quantitative estimate of drug-likeness (QED) is 0.820. The summed E-state index contributed by atoms with van der Waals surface area (Å²) in [6.45, 7) is 8.46. The molecule has 0 aromatic carbocycles. The van der Waals surface area contributed by atoms with Crippen LogP contribution in [-0.2, 0) is 24.4 Å². The normalized spacial score (nSPS) is 21.6. The van der Waals surface area contributed by atoms with E-state index < -0.39 is 0 Å². The monoisotopic (exact) mass is 316 g/mol. The van der Waals surface area contributed by atoms with E-state index in [1.807, 2.05) is 19.2 Å². The molecule has 6 heteroatoms. The summed E-state index contributed by atoms with van der Waals surface area (Å²) in [5.41, 5.74) is 2.19. The van der Waals surface area contributed by atoms with Gasteiger partial charge in [0.05, 0.1) is 30.2 Å². The second-order valence-electron chi connectivity index (χ2n) is 6.79. The van der Waals surface area contributed by atoms with Gasteiger partial charge in [-0.15, -0.1) is 0 Å². The molecular weight excluding hydrogens is 292 g/mol. The highest BCUT2D eigenvalue weighted by Gasteiger charge is 2.28. The highest BCUT2D eigenvalue weighted by molar-refractivity contribution is 5.12. The zero-order chi connectivity index (χ0) is 15.8. The van der Waals surface area contributed by atoms with Gasteiger partial charge in [-0.3, -0.25) is 4.90 Å². The van der Waals surface area contributed by atoms with Crippen molar-refractivity contribution in [3.8, 4) is 0 Å². The Morgan fingerprint density at radius 1 is 1.35 bits per heavy atom. The topological polar surface area (TPSA) is 56.3 Å². The van der Waals surface area contributed by atoms with Crippen molar-refractivity contribution in [3.05, 3.63) is 35.2 Å². The molecule has 1 saturated carbocycles. The summed E-state index contributed by atoms with van der Waals surface area (Å²) in [4.78, 5) is 7.04. The molecule has 3 heterocycles. The Bertz CT molecular complexity index is 674. The molecule has 0 unspecified atom stereocenters. The first-order valence-corrected chi connectivity index (χ1v) is 8.49. The van der Waals surface area contributed by atoms with Crippen LogP contribution in [-0.4, -0.2) is 32.8 Å². The molecule has 0 spiro atoms. The van der Waals surface area contributed by atoms with Crippen molar-refractivity contribution in [1.82, 2.24) is 19.6 Å². The summed E-state index contributed by atoms with van der Waals surface area (Å²) in [7, 11) is 0. The van der Waals surface area contributed by atoms with Gasteiger partial charge in [-0.05, 0) is 32.6 Å². The number of nitrogens with zero attached hydrogens (tertiary/aromatic N) is 4. The van der Waals surface area contributed by atoms with E-state index >= 15 is 0 Å². The molecule has 1 fully saturated rings. The van der Waals surface area contributed by atoms with Crippen LogP contribution in [0.15, 0.2) is 16.8 Å². The molecule has 0 amide bonds. The van der Waals surface area contributed by atoms with Gasteiger partial charge >= 0.3 is 0 Å². The summed E-state index contributed by atoms with van der Waals surface area (Å²) in [5.74, 6) is 2.79. The third-order valence-electron chi connectivity index (χ3n) is 4.84. The molecule has 2 aliphatic rings. The zero-order valence-electron chi connectivity index (χ0n) is 13.9. The zero-order valence-corrected chi connectivity index (χ0v) is 13.9. The maximum absolute atomic E-state index is 5.83. The van der Waals surface area contributed by atoms with Gasteiger partial charge in [0.25, 0.3) is 0 Å². The van der Waals surface area contributed by atoms with Gasteiger partial charge in [0, 0.05) is 32.3 Å². The van der Waals surface area contributed by atoms with Gasteiger partial charge in [-0.25, -0.2) is 4.98 Å². The summed E-state index contributed by atoms with van der Waals surface area (Å²) >= 11 is 0. The van der Waals surface area contributed by atoms with Crippen LogP contribution in [0.25, 0.3) is 0 Å². The molecule has 0 radical (unpaired) electrons. The first-order chi connectivity index (χ1) is 11.2. The lowest BCUT2D eigenvalue weighted by Crippen LogP contribution is -2.37. The van der Waals surface area contributed by atoms with Crippen molar-refractivity contribution in [2.24, 2.45) is 5.92 Å². The minimum absolute atomic E-state index is 0.276. The third-order valence-corrected chi connectivity index (χ3v) is 4.84. The highest BCUT2D eigenvalue weighted by atomic mass is 16.5. The van der Waals surface area contributed by atoms with Crippen LogP contribution < -0.4 is 0 Å². The Balaban J connectivity index is 1.41. The summed E-state index contributed by atoms with van der Waals surface area (Å²) < 4.78 is 13.3. The van der Waals surface area contributed by atoms with E-state index in [4.69, 9.17) is 9.26 Å². The van der Waals surface area contributed by atoms with Gasteiger partial charge in [0.2, 0.25) is 0 Å². The van der Waals surface area contributed by atoms with Crippen LogP contribution in [0, 0.1) is 12.8 Å². The van der Waals surface area contributed by atoms with Gasteiger partial charge in [-0.2, -0.15) is 0 Å². The number of ether oxygens (including phenoxy) is 1. The first-order valence-electron chi connectivity index (χ1n) is 8.49. The number of rotatable bonds is 6. The molecule has 1 atom stereocenters. The fourth-order valence-corrected chi connectivity index (χ4v) is 3.25. The average molecular weight is 316 g/mol. The van der Waals surface area contributed by atoms with Crippen LogP contribution in [0.5, 0.6) is 0 Å². The lowest BCUT2D eigenvalue weighted by Gasteiger charge is -2.33. The summed E-state index contributed by atoms with van der Waals surface area (Å²) in [6.07, 6.45) is 4.64. The Labute approximate surface area is 136 Å². The maximum atomic E-state index is 5.83. The number of aryl methyl sites for hydroxylation is 1. The van der Waals surface area contributed by atoms with Crippen molar-refractivity contribution in [1.29, 1.82) is 0 Å².